The summed E-state index contributed by atoms with van der Waals surface area (Å²) >= 11 is 0. The molecule has 1 atom stereocenters. The third kappa shape index (κ3) is 1.65. The molecule has 2 heterocycles. The highest BCUT2D eigenvalue weighted by Crippen LogP contribution is 2.25. The maximum atomic E-state index is 9.02. The summed E-state index contributed by atoms with van der Waals surface area (Å²) in [6.07, 6.45) is 2.77. The van der Waals surface area contributed by atoms with E-state index in [2.05, 4.69) is 9.88 Å². The zero-order valence-corrected chi connectivity index (χ0v) is 8.06. The van der Waals surface area contributed by atoms with Gasteiger partial charge in [-0.3, -0.25) is 0 Å². The molecule has 0 aromatic carbocycles. The molecular formula is C10H15N3O. The second-order valence-electron chi connectivity index (χ2n) is 3.70. The van der Waals surface area contributed by atoms with Gasteiger partial charge in [-0.15, -0.1) is 0 Å². The number of aliphatic hydroxyl groups is 1. The summed E-state index contributed by atoms with van der Waals surface area (Å²) < 4.78 is 0. The Hall–Kier alpha value is -1.29. The average molecular weight is 193 g/mol. The van der Waals surface area contributed by atoms with Gasteiger partial charge in [0.1, 0.15) is 0 Å². The molecule has 1 aromatic rings. The van der Waals surface area contributed by atoms with Gasteiger partial charge in [-0.05, 0) is 18.6 Å². The molecule has 1 fully saturated rings. The molecule has 14 heavy (non-hydrogen) atoms. The van der Waals surface area contributed by atoms with Crippen molar-refractivity contribution in [3.05, 3.63) is 18.3 Å². The fourth-order valence-corrected chi connectivity index (χ4v) is 1.85. The molecule has 0 unspecified atom stereocenters. The zero-order valence-electron chi connectivity index (χ0n) is 8.06. The molecule has 1 aliphatic rings. The second-order valence-corrected chi connectivity index (χ2v) is 3.70. The van der Waals surface area contributed by atoms with Gasteiger partial charge in [0.2, 0.25) is 0 Å². The van der Waals surface area contributed by atoms with E-state index < -0.39 is 0 Å². The number of nitrogen functional groups attached to an aromatic ring is 1. The van der Waals surface area contributed by atoms with Crippen molar-refractivity contribution >= 4 is 11.5 Å². The highest BCUT2D eigenvalue weighted by molar-refractivity contribution is 5.62. The molecular weight excluding hydrogens is 178 g/mol. The molecule has 4 heteroatoms. The van der Waals surface area contributed by atoms with Crippen molar-refractivity contribution in [2.24, 2.45) is 5.92 Å². The van der Waals surface area contributed by atoms with Gasteiger partial charge in [0.15, 0.2) is 5.82 Å². The van der Waals surface area contributed by atoms with E-state index in [4.69, 9.17) is 10.8 Å². The summed E-state index contributed by atoms with van der Waals surface area (Å²) in [5.41, 5.74) is 6.53. The first-order chi connectivity index (χ1) is 6.81. The minimum absolute atomic E-state index is 0.253. The Bertz CT molecular complexity index is 316. The van der Waals surface area contributed by atoms with E-state index in [9.17, 15) is 0 Å². The van der Waals surface area contributed by atoms with Crippen molar-refractivity contribution < 1.29 is 5.11 Å². The standard InChI is InChI=1S/C10H15N3O/c11-9-2-1-4-12-10(9)13-5-3-8(6-13)7-14/h1-2,4,8,14H,3,5-7,11H2/t8-/m1/s1. The van der Waals surface area contributed by atoms with E-state index in [-0.39, 0.29) is 6.61 Å². The van der Waals surface area contributed by atoms with E-state index in [0.29, 0.717) is 11.6 Å². The number of nitrogens with two attached hydrogens (primary N) is 1. The zero-order chi connectivity index (χ0) is 9.97. The molecule has 0 aliphatic carbocycles. The van der Waals surface area contributed by atoms with E-state index >= 15 is 0 Å². The van der Waals surface area contributed by atoms with Crippen LogP contribution in [0.1, 0.15) is 6.42 Å². The van der Waals surface area contributed by atoms with Gasteiger partial charge < -0.3 is 15.7 Å². The number of hydrogen-bond donors (Lipinski definition) is 2. The number of aromatic nitrogens is 1. The Kier molecular flexibility index (Phi) is 2.54. The summed E-state index contributed by atoms with van der Waals surface area (Å²) in [5, 5.41) is 9.02. The largest absolute Gasteiger partial charge is 0.396 e. The first-order valence-electron chi connectivity index (χ1n) is 4.87. The number of anilines is 2. The highest BCUT2D eigenvalue weighted by atomic mass is 16.3. The lowest BCUT2D eigenvalue weighted by Crippen LogP contribution is -2.22. The lowest BCUT2D eigenvalue weighted by molar-refractivity contribution is 0.238. The SMILES string of the molecule is Nc1cccnc1N1CC[C@@H](CO)C1. The normalized spacial score (nSPS) is 21.5. The van der Waals surface area contributed by atoms with E-state index in [1.165, 1.54) is 0 Å². The van der Waals surface area contributed by atoms with Crippen LogP contribution in [-0.4, -0.2) is 29.8 Å². The molecule has 0 saturated carbocycles. The van der Waals surface area contributed by atoms with Crippen LogP contribution in [0.2, 0.25) is 0 Å². The summed E-state index contributed by atoms with van der Waals surface area (Å²) in [4.78, 5) is 6.38. The molecule has 0 spiro atoms. The van der Waals surface area contributed by atoms with Gasteiger partial charge in [0, 0.05) is 31.8 Å². The van der Waals surface area contributed by atoms with Crippen LogP contribution in [0.5, 0.6) is 0 Å². The quantitative estimate of drug-likeness (QED) is 0.717. The van der Waals surface area contributed by atoms with E-state index in [1.807, 2.05) is 12.1 Å². The predicted molar refractivity (Wildman–Crippen MR) is 56.1 cm³/mol. The van der Waals surface area contributed by atoms with Crippen molar-refractivity contribution in [2.75, 3.05) is 30.3 Å². The molecule has 1 aromatic heterocycles. The lowest BCUT2D eigenvalue weighted by Gasteiger charge is -2.18. The van der Waals surface area contributed by atoms with Crippen molar-refractivity contribution in [2.45, 2.75) is 6.42 Å². The monoisotopic (exact) mass is 193 g/mol. The molecule has 2 rings (SSSR count). The highest BCUT2D eigenvalue weighted by Gasteiger charge is 2.23. The third-order valence-corrected chi connectivity index (χ3v) is 2.66. The molecule has 0 radical (unpaired) electrons. The van der Waals surface area contributed by atoms with E-state index in [1.54, 1.807) is 6.20 Å². The van der Waals surface area contributed by atoms with Crippen molar-refractivity contribution in [1.29, 1.82) is 0 Å². The summed E-state index contributed by atoms with van der Waals surface area (Å²) in [6, 6.07) is 3.69. The molecule has 1 aliphatic heterocycles. The maximum Gasteiger partial charge on any atom is 0.151 e. The minimum atomic E-state index is 0.253. The molecule has 3 N–H and O–H groups in total. The van der Waals surface area contributed by atoms with Gasteiger partial charge >= 0.3 is 0 Å². The van der Waals surface area contributed by atoms with Crippen LogP contribution >= 0.6 is 0 Å². The number of nitrogens with zero attached hydrogens (tertiary/aromatic N) is 2. The predicted octanol–water partition coefficient (Wildman–Crippen LogP) is 0.482. The summed E-state index contributed by atoms with van der Waals surface area (Å²) in [6.45, 7) is 2.05. The van der Waals surface area contributed by atoms with Crippen LogP contribution in [0.25, 0.3) is 0 Å². The summed E-state index contributed by atoms with van der Waals surface area (Å²) in [7, 11) is 0. The van der Waals surface area contributed by atoms with Crippen molar-refractivity contribution in [3.8, 4) is 0 Å². The minimum Gasteiger partial charge on any atom is -0.396 e. The number of aliphatic hydroxyl groups excluding tert-OH is 1. The van der Waals surface area contributed by atoms with Gasteiger partial charge in [0.05, 0.1) is 5.69 Å². The number of pyridine rings is 1. The Morgan fingerprint density at radius 2 is 2.50 bits per heavy atom. The van der Waals surface area contributed by atoms with Crippen LogP contribution in [0.15, 0.2) is 18.3 Å². The smallest absolute Gasteiger partial charge is 0.151 e. The van der Waals surface area contributed by atoms with Gasteiger partial charge in [0.25, 0.3) is 0 Å². The van der Waals surface area contributed by atoms with Crippen LogP contribution < -0.4 is 10.6 Å². The molecule has 0 amide bonds. The van der Waals surface area contributed by atoms with E-state index in [0.717, 1.165) is 25.3 Å². The van der Waals surface area contributed by atoms with Crippen LogP contribution in [0.3, 0.4) is 0 Å². The Morgan fingerprint density at radius 1 is 1.64 bits per heavy atom. The Balaban J connectivity index is 2.13. The molecule has 1 saturated heterocycles. The molecule has 0 bridgehead atoms. The molecule has 4 nitrogen and oxygen atoms in total. The van der Waals surface area contributed by atoms with Crippen LogP contribution in [-0.2, 0) is 0 Å². The maximum absolute atomic E-state index is 9.02. The molecule has 76 valence electrons. The van der Waals surface area contributed by atoms with Crippen LogP contribution in [0, 0.1) is 5.92 Å². The lowest BCUT2D eigenvalue weighted by atomic mass is 10.1. The summed E-state index contributed by atoms with van der Waals surface area (Å²) in [5.74, 6) is 1.22. The first kappa shape index (κ1) is 9.27. The van der Waals surface area contributed by atoms with Gasteiger partial charge in [-0.1, -0.05) is 0 Å². The van der Waals surface area contributed by atoms with Crippen LogP contribution in [0.4, 0.5) is 11.5 Å². The Labute approximate surface area is 83.4 Å². The van der Waals surface area contributed by atoms with Crippen molar-refractivity contribution in [1.82, 2.24) is 4.98 Å². The number of rotatable bonds is 2. The second kappa shape index (κ2) is 3.84. The first-order valence-corrected chi connectivity index (χ1v) is 4.87. The Morgan fingerprint density at radius 3 is 3.14 bits per heavy atom. The topological polar surface area (TPSA) is 62.4 Å². The average Bonchev–Trinajstić information content (AvgIpc) is 2.67. The van der Waals surface area contributed by atoms with Gasteiger partial charge in [-0.2, -0.15) is 0 Å². The van der Waals surface area contributed by atoms with Crippen molar-refractivity contribution in [3.63, 3.8) is 0 Å². The third-order valence-electron chi connectivity index (χ3n) is 2.66. The number of hydrogen-bond acceptors (Lipinski definition) is 4. The van der Waals surface area contributed by atoms with Gasteiger partial charge in [-0.25, -0.2) is 4.98 Å². The fourth-order valence-electron chi connectivity index (χ4n) is 1.85. The fraction of sp³-hybridized carbons (Fsp3) is 0.500.